The third-order valence-electron chi connectivity index (χ3n) is 4.68. The van der Waals surface area contributed by atoms with Crippen LogP contribution in [0, 0.1) is 35.0 Å². The average molecular weight is 190 g/mol. The van der Waals surface area contributed by atoms with E-state index in [9.17, 15) is 0 Å². The van der Waals surface area contributed by atoms with Crippen molar-refractivity contribution in [2.45, 2.75) is 44.1 Å². The second-order valence-corrected chi connectivity index (χ2v) is 5.91. The quantitative estimate of drug-likeness (QED) is 0.635. The normalized spacial score (nSPS) is 55.4. The second-order valence-electron chi connectivity index (χ2n) is 5.91. The predicted octanol–water partition coefficient (Wildman–Crippen LogP) is 2.05. The van der Waals surface area contributed by atoms with E-state index < -0.39 is 0 Å². The highest BCUT2D eigenvalue weighted by atomic mass is 14.8. The van der Waals surface area contributed by atoms with Crippen molar-refractivity contribution in [2.24, 2.45) is 29.4 Å². The number of nitrogens with zero attached hydrogens (tertiary/aromatic N) is 1. The van der Waals surface area contributed by atoms with E-state index in [0.29, 0.717) is 11.8 Å². The first-order chi connectivity index (χ1) is 6.68. The molecule has 0 aromatic rings. The maximum atomic E-state index is 9.16. The Balaban J connectivity index is 1.96. The molecule has 0 heterocycles. The summed E-state index contributed by atoms with van der Waals surface area (Å²) in [6.45, 7) is 0. The molecule has 0 spiro atoms. The van der Waals surface area contributed by atoms with Gasteiger partial charge in [0.1, 0.15) is 0 Å². The van der Waals surface area contributed by atoms with Crippen molar-refractivity contribution in [3.05, 3.63) is 0 Å². The maximum absolute atomic E-state index is 9.16. The summed E-state index contributed by atoms with van der Waals surface area (Å²) in [4.78, 5) is 0. The first-order valence-electron chi connectivity index (χ1n) is 5.87. The van der Waals surface area contributed by atoms with Crippen LogP contribution in [0.1, 0.15) is 38.5 Å². The van der Waals surface area contributed by atoms with E-state index in [2.05, 4.69) is 6.07 Å². The number of nitrogens with two attached hydrogens (primary N) is 1. The van der Waals surface area contributed by atoms with Gasteiger partial charge in [-0.05, 0) is 56.3 Å². The van der Waals surface area contributed by atoms with Crippen molar-refractivity contribution < 1.29 is 0 Å². The molecule has 0 unspecified atom stereocenters. The molecule has 0 amide bonds. The summed E-state index contributed by atoms with van der Waals surface area (Å²) >= 11 is 0. The van der Waals surface area contributed by atoms with Gasteiger partial charge in [-0.1, -0.05) is 0 Å². The molecular weight excluding hydrogens is 172 g/mol. The van der Waals surface area contributed by atoms with Gasteiger partial charge in [0.2, 0.25) is 0 Å². The fraction of sp³-hybridized carbons (Fsp3) is 0.917. The number of hydrogen-bond donors (Lipinski definition) is 1. The van der Waals surface area contributed by atoms with Crippen LogP contribution in [0.15, 0.2) is 0 Å². The molecule has 5 atom stereocenters. The molecule has 0 aliphatic heterocycles. The highest BCUT2D eigenvalue weighted by molar-refractivity contribution is 5.07. The zero-order chi connectivity index (χ0) is 9.76. The molecule has 2 N–H and O–H groups in total. The molecule has 4 fully saturated rings. The van der Waals surface area contributed by atoms with E-state index in [1.54, 1.807) is 0 Å². The SMILES string of the molecule is N#C[C@H]1C[C@@H]2C[C@@H]3C[C@H]1C[C@@](N)(C3)C2. The topological polar surface area (TPSA) is 49.8 Å². The summed E-state index contributed by atoms with van der Waals surface area (Å²) in [7, 11) is 0. The number of rotatable bonds is 0. The van der Waals surface area contributed by atoms with E-state index in [-0.39, 0.29) is 5.54 Å². The van der Waals surface area contributed by atoms with Crippen molar-refractivity contribution in [3.8, 4) is 6.07 Å². The summed E-state index contributed by atoms with van der Waals surface area (Å²) in [5.74, 6) is 2.54. The molecule has 76 valence electrons. The largest absolute Gasteiger partial charge is 0.325 e. The van der Waals surface area contributed by atoms with E-state index in [1.807, 2.05) is 0 Å². The van der Waals surface area contributed by atoms with Crippen molar-refractivity contribution in [1.82, 2.24) is 0 Å². The molecule has 4 aliphatic carbocycles. The van der Waals surface area contributed by atoms with Gasteiger partial charge in [0, 0.05) is 11.5 Å². The maximum Gasteiger partial charge on any atom is 0.0658 e. The molecule has 4 saturated carbocycles. The van der Waals surface area contributed by atoms with Crippen molar-refractivity contribution >= 4 is 0 Å². The Kier molecular flexibility index (Phi) is 1.70. The number of fused-ring (bicyclic) bond motifs is 1. The van der Waals surface area contributed by atoms with Crippen LogP contribution in [0.5, 0.6) is 0 Å². The van der Waals surface area contributed by atoms with Crippen LogP contribution in [-0.2, 0) is 0 Å². The molecule has 4 aliphatic rings. The lowest BCUT2D eigenvalue weighted by molar-refractivity contribution is 0.101. The summed E-state index contributed by atoms with van der Waals surface area (Å²) in [6.07, 6.45) is 7.33. The second kappa shape index (κ2) is 2.73. The number of nitriles is 1. The summed E-state index contributed by atoms with van der Waals surface area (Å²) in [5.41, 5.74) is 6.54. The Labute approximate surface area is 85.5 Å². The summed E-state index contributed by atoms with van der Waals surface area (Å²) < 4.78 is 0. The number of hydrogen-bond acceptors (Lipinski definition) is 2. The van der Waals surface area contributed by atoms with E-state index in [4.69, 9.17) is 11.0 Å². The first-order valence-corrected chi connectivity index (χ1v) is 5.87. The van der Waals surface area contributed by atoms with Gasteiger partial charge in [-0.3, -0.25) is 0 Å². The van der Waals surface area contributed by atoms with Gasteiger partial charge in [-0.15, -0.1) is 0 Å². The minimum atomic E-state index is 0.113. The molecule has 0 aromatic heterocycles. The van der Waals surface area contributed by atoms with Crippen molar-refractivity contribution in [2.75, 3.05) is 0 Å². The molecule has 2 heteroatoms. The first kappa shape index (κ1) is 8.73. The molecule has 4 bridgehead atoms. The third-order valence-corrected chi connectivity index (χ3v) is 4.68. The van der Waals surface area contributed by atoms with Crippen molar-refractivity contribution in [3.63, 3.8) is 0 Å². The molecule has 4 rings (SSSR count). The molecule has 2 nitrogen and oxygen atoms in total. The summed E-state index contributed by atoms with van der Waals surface area (Å²) in [6, 6.07) is 2.52. The smallest absolute Gasteiger partial charge is 0.0658 e. The molecular formula is C12H18N2. The fourth-order valence-corrected chi connectivity index (χ4v) is 4.45. The van der Waals surface area contributed by atoms with Crippen LogP contribution in [0.4, 0.5) is 0 Å². The average Bonchev–Trinajstić information content (AvgIpc) is 2.26. The Morgan fingerprint density at radius 1 is 1.07 bits per heavy atom. The molecule has 14 heavy (non-hydrogen) atoms. The van der Waals surface area contributed by atoms with Crippen LogP contribution in [0.3, 0.4) is 0 Å². The van der Waals surface area contributed by atoms with Gasteiger partial charge in [-0.2, -0.15) is 5.26 Å². The lowest BCUT2D eigenvalue weighted by atomic mass is 9.63. The van der Waals surface area contributed by atoms with Crippen LogP contribution in [0.2, 0.25) is 0 Å². The van der Waals surface area contributed by atoms with Crippen LogP contribution >= 0.6 is 0 Å². The lowest BCUT2D eigenvalue weighted by Crippen LogP contribution is -2.50. The zero-order valence-electron chi connectivity index (χ0n) is 8.58. The van der Waals surface area contributed by atoms with Crippen LogP contribution in [-0.4, -0.2) is 5.54 Å². The monoisotopic (exact) mass is 190 g/mol. The van der Waals surface area contributed by atoms with Gasteiger partial charge in [-0.25, -0.2) is 0 Å². The fourth-order valence-electron chi connectivity index (χ4n) is 4.45. The van der Waals surface area contributed by atoms with E-state index in [1.165, 1.54) is 25.7 Å². The Morgan fingerprint density at radius 3 is 2.43 bits per heavy atom. The van der Waals surface area contributed by atoms with E-state index in [0.717, 1.165) is 24.7 Å². The zero-order valence-corrected chi connectivity index (χ0v) is 8.58. The third kappa shape index (κ3) is 1.19. The molecule has 0 aromatic carbocycles. The van der Waals surface area contributed by atoms with Gasteiger partial charge >= 0.3 is 0 Å². The Morgan fingerprint density at radius 2 is 1.79 bits per heavy atom. The van der Waals surface area contributed by atoms with E-state index >= 15 is 0 Å². The Hall–Kier alpha value is -0.550. The lowest BCUT2D eigenvalue weighted by Gasteiger charge is -2.46. The van der Waals surface area contributed by atoms with Gasteiger partial charge < -0.3 is 5.73 Å². The highest BCUT2D eigenvalue weighted by Crippen LogP contribution is 2.53. The molecule has 0 saturated heterocycles. The molecule has 0 radical (unpaired) electrons. The summed E-state index contributed by atoms with van der Waals surface area (Å²) in [5, 5.41) is 9.16. The minimum Gasteiger partial charge on any atom is -0.325 e. The van der Waals surface area contributed by atoms with Crippen LogP contribution < -0.4 is 5.73 Å². The van der Waals surface area contributed by atoms with Gasteiger partial charge in [0.15, 0.2) is 0 Å². The van der Waals surface area contributed by atoms with Gasteiger partial charge in [0.25, 0.3) is 0 Å². The van der Waals surface area contributed by atoms with Crippen molar-refractivity contribution in [1.29, 1.82) is 5.26 Å². The highest BCUT2D eigenvalue weighted by Gasteiger charge is 2.49. The van der Waals surface area contributed by atoms with Gasteiger partial charge in [0.05, 0.1) is 6.07 Å². The standard InChI is InChI=1S/C12H18N2/c13-7-11-3-9-1-8-2-10(11)6-12(14,4-8)5-9/h8-11H,1-6,14H2/t8-,9+,10+,11-,12-/m1/s1. The predicted molar refractivity (Wildman–Crippen MR) is 54.2 cm³/mol. The Bertz CT molecular complexity index is 293. The van der Waals surface area contributed by atoms with Crippen LogP contribution in [0.25, 0.3) is 0 Å². The minimum absolute atomic E-state index is 0.113.